The minimum Gasteiger partial charge on any atom is -0.0988 e. The van der Waals surface area contributed by atoms with E-state index >= 15 is 0 Å². The second-order valence-corrected chi connectivity index (χ2v) is 2.76. The summed E-state index contributed by atoms with van der Waals surface area (Å²) in [7, 11) is 0. The molecule has 0 amide bonds. The average molecular weight is 122 g/mol. The van der Waals surface area contributed by atoms with Crippen LogP contribution < -0.4 is 0 Å². The van der Waals surface area contributed by atoms with Gasteiger partial charge in [0.2, 0.25) is 0 Å². The van der Waals surface area contributed by atoms with Gasteiger partial charge in [-0.05, 0) is 18.8 Å². The van der Waals surface area contributed by atoms with E-state index in [-0.39, 0.29) is 0 Å². The minimum absolute atomic E-state index is 0.766. The zero-order chi connectivity index (χ0) is 6.69. The van der Waals surface area contributed by atoms with Gasteiger partial charge in [0.15, 0.2) is 0 Å². The number of hydrogen-bond acceptors (Lipinski definition) is 0. The van der Waals surface area contributed by atoms with Crippen molar-refractivity contribution in [2.45, 2.75) is 25.7 Å². The number of hydrogen-bond donors (Lipinski definition) is 0. The first-order chi connectivity index (χ1) is 4.34. The van der Waals surface area contributed by atoms with Crippen LogP contribution in [0.3, 0.4) is 0 Å². The number of allylic oxidation sites excluding steroid dienone is 2. The van der Waals surface area contributed by atoms with Crippen LogP contribution in [0.5, 0.6) is 0 Å². The van der Waals surface area contributed by atoms with Crippen molar-refractivity contribution in [3.05, 3.63) is 24.8 Å². The summed E-state index contributed by atoms with van der Waals surface area (Å²) in [5.41, 5.74) is 1.24. The molecule has 0 nitrogen and oxygen atoms in total. The molecule has 1 fully saturated rings. The third-order valence-corrected chi connectivity index (χ3v) is 2.14. The molecule has 0 aromatic rings. The third-order valence-electron chi connectivity index (χ3n) is 2.14. The summed E-state index contributed by atoms with van der Waals surface area (Å²) < 4.78 is 0. The molecule has 50 valence electrons. The lowest BCUT2D eigenvalue weighted by Crippen LogP contribution is -1.92. The maximum Gasteiger partial charge on any atom is -0.0168 e. The zero-order valence-corrected chi connectivity index (χ0v) is 5.90. The van der Waals surface area contributed by atoms with E-state index in [0.717, 1.165) is 5.92 Å². The highest BCUT2D eigenvalue weighted by Gasteiger charge is 2.15. The third kappa shape index (κ3) is 1.44. The van der Waals surface area contributed by atoms with Gasteiger partial charge in [-0.15, -0.1) is 0 Å². The Morgan fingerprint density at radius 3 is 2.33 bits per heavy atom. The van der Waals surface area contributed by atoms with Crippen LogP contribution in [0, 0.1) is 5.92 Å². The van der Waals surface area contributed by atoms with Crippen LogP contribution in [0.2, 0.25) is 0 Å². The Morgan fingerprint density at radius 1 is 1.33 bits per heavy atom. The fourth-order valence-electron chi connectivity index (χ4n) is 1.46. The van der Waals surface area contributed by atoms with Crippen LogP contribution in [0.25, 0.3) is 0 Å². The molecule has 0 heterocycles. The second kappa shape index (κ2) is 2.86. The average Bonchev–Trinajstić information content (AvgIpc) is 2.37. The van der Waals surface area contributed by atoms with Gasteiger partial charge in [-0.2, -0.15) is 0 Å². The Balaban J connectivity index is 2.41. The molecular formula is C9H14. The van der Waals surface area contributed by atoms with Gasteiger partial charge in [0.25, 0.3) is 0 Å². The monoisotopic (exact) mass is 122 g/mol. The van der Waals surface area contributed by atoms with E-state index in [1.165, 1.54) is 31.3 Å². The van der Waals surface area contributed by atoms with Gasteiger partial charge in [-0.25, -0.2) is 0 Å². The van der Waals surface area contributed by atoms with Gasteiger partial charge in [0, 0.05) is 0 Å². The molecular weight excluding hydrogens is 108 g/mol. The van der Waals surface area contributed by atoms with Gasteiger partial charge >= 0.3 is 0 Å². The number of rotatable bonds is 2. The molecule has 0 spiro atoms. The molecule has 1 rings (SSSR count). The molecule has 1 saturated carbocycles. The van der Waals surface area contributed by atoms with Crippen LogP contribution >= 0.6 is 0 Å². The van der Waals surface area contributed by atoms with Crippen molar-refractivity contribution in [1.82, 2.24) is 0 Å². The quantitative estimate of drug-likeness (QED) is 0.494. The Kier molecular flexibility index (Phi) is 2.10. The highest BCUT2D eigenvalue weighted by atomic mass is 14.2. The summed E-state index contributed by atoms with van der Waals surface area (Å²) in [4.78, 5) is 0. The van der Waals surface area contributed by atoms with Crippen LogP contribution in [0.15, 0.2) is 24.8 Å². The van der Waals surface area contributed by atoms with Crippen molar-refractivity contribution >= 4 is 0 Å². The molecule has 0 bridgehead atoms. The molecule has 0 N–H and O–H groups in total. The molecule has 0 heteroatoms. The summed E-state index contributed by atoms with van der Waals surface area (Å²) in [6, 6.07) is 0. The largest absolute Gasteiger partial charge is 0.0988 e. The van der Waals surface area contributed by atoms with Gasteiger partial charge < -0.3 is 0 Å². The Hall–Kier alpha value is -0.520. The smallest absolute Gasteiger partial charge is 0.0168 e. The first-order valence-corrected chi connectivity index (χ1v) is 3.66. The standard InChI is InChI=1S/C9H14/c1-3-8(2)9-6-4-5-7-9/h3,9H,1-2,4-7H2. The zero-order valence-electron chi connectivity index (χ0n) is 5.90. The predicted molar refractivity (Wildman–Crippen MR) is 41.3 cm³/mol. The lowest BCUT2D eigenvalue weighted by molar-refractivity contribution is 0.660. The Bertz CT molecular complexity index is 116. The molecule has 0 saturated heterocycles. The fraction of sp³-hybridized carbons (Fsp3) is 0.556. The van der Waals surface area contributed by atoms with Gasteiger partial charge in [0.1, 0.15) is 0 Å². The van der Waals surface area contributed by atoms with Gasteiger partial charge in [0.05, 0.1) is 0 Å². The van der Waals surface area contributed by atoms with Crippen molar-refractivity contribution in [1.29, 1.82) is 0 Å². The van der Waals surface area contributed by atoms with Crippen molar-refractivity contribution in [3.8, 4) is 0 Å². The van der Waals surface area contributed by atoms with Crippen LogP contribution in [0.4, 0.5) is 0 Å². The highest BCUT2D eigenvalue weighted by Crippen LogP contribution is 2.30. The van der Waals surface area contributed by atoms with Crippen LogP contribution in [-0.4, -0.2) is 0 Å². The molecule has 0 atom stereocenters. The van der Waals surface area contributed by atoms with Crippen molar-refractivity contribution < 1.29 is 0 Å². The molecule has 0 unspecified atom stereocenters. The maximum atomic E-state index is 3.94. The first-order valence-electron chi connectivity index (χ1n) is 3.66. The lowest BCUT2D eigenvalue weighted by Gasteiger charge is -2.06. The normalized spacial score (nSPS) is 20.0. The fourth-order valence-corrected chi connectivity index (χ4v) is 1.46. The molecule has 0 radical (unpaired) electrons. The maximum absolute atomic E-state index is 3.94. The van der Waals surface area contributed by atoms with E-state index in [4.69, 9.17) is 0 Å². The van der Waals surface area contributed by atoms with E-state index in [1.807, 2.05) is 6.08 Å². The Morgan fingerprint density at radius 2 is 1.89 bits per heavy atom. The van der Waals surface area contributed by atoms with Crippen molar-refractivity contribution in [2.75, 3.05) is 0 Å². The van der Waals surface area contributed by atoms with E-state index in [2.05, 4.69) is 13.2 Å². The second-order valence-electron chi connectivity index (χ2n) is 2.76. The SMILES string of the molecule is C=CC(=C)C1CCCC1. The van der Waals surface area contributed by atoms with E-state index in [1.54, 1.807) is 0 Å². The summed E-state index contributed by atoms with van der Waals surface area (Å²) in [5.74, 6) is 0.766. The molecule has 0 aromatic carbocycles. The predicted octanol–water partition coefficient (Wildman–Crippen LogP) is 2.92. The van der Waals surface area contributed by atoms with Gasteiger partial charge in [-0.3, -0.25) is 0 Å². The first kappa shape index (κ1) is 6.60. The minimum atomic E-state index is 0.766. The Labute approximate surface area is 57.3 Å². The summed E-state index contributed by atoms with van der Waals surface area (Å²) in [5, 5.41) is 0. The molecule has 9 heavy (non-hydrogen) atoms. The summed E-state index contributed by atoms with van der Waals surface area (Å²) in [6.45, 7) is 7.64. The van der Waals surface area contributed by atoms with Crippen molar-refractivity contribution in [3.63, 3.8) is 0 Å². The van der Waals surface area contributed by atoms with Crippen LogP contribution in [-0.2, 0) is 0 Å². The molecule has 0 aromatic heterocycles. The van der Waals surface area contributed by atoms with Gasteiger partial charge in [-0.1, -0.05) is 37.6 Å². The molecule has 1 aliphatic rings. The van der Waals surface area contributed by atoms with Crippen molar-refractivity contribution in [2.24, 2.45) is 5.92 Å². The van der Waals surface area contributed by atoms with E-state index in [0.29, 0.717) is 0 Å². The van der Waals surface area contributed by atoms with E-state index in [9.17, 15) is 0 Å². The van der Waals surface area contributed by atoms with E-state index < -0.39 is 0 Å². The highest BCUT2D eigenvalue weighted by molar-refractivity contribution is 5.15. The van der Waals surface area contributed by atoms with Crippen LogP contribution in [0.1, 0.15) is 25.7 Å². The lowest BCUT2D eigenvalue weighted by atomic mass is 10.00. The molecule has 1 aliphatic carbocycles. The molecule has 0 aliphatic heterocycles. The topological polar surface area (TPSA) is 0 Å². The summed E-state index contributed by atoms with van der Waals surface area (Å²) in [6.07, 6.45) is 7.35. The summed E-state index contributed by atoms with van der Waals surface area (Å²) >= 11 is 0.